The molecule has 0 unspecified atom stereocenters. The fourth-order valence-electron chi connectivity index (χ4n) is 2.81. The molecule has 1 heterocycles. The molecule has 2 aromatic rings. The Morgan fingerprint density at radius 2 is 2.04 bits per heavy atom. The predicted octanol–water partition coefficient (Wildman–Crippen LogP) is 3.96. The maximum absolute atomic E-state index is 13.0. The molecular weight excluding hydrogens is 295 g/mol. The zero-order valence-corrected chi connectivity index (χ0v) is 13.0. The van der Waals surface area contributed by atoms with Crippen LogP contribution in [0.2, 0.25) is 0 Å². The van der Waals surface area contributed by atoms with Gasteiger partial charge in [-0.2, -0.15) is 0 Å². The van der Waals surface area contributed by atoms with Crippen LogP contribution in [0.5, 0.6) is 0 Å². The number of nitrogens with zero attached hydrogens (tertiary/aromatic N) is 1. The summed E-state index contributed by atoms with van der Waals surface area (Å²) in [6.07, 6.45) is 0.489. The highest BCUT2D eigenvalue weighted by molar-refractivity contribution is 5.85. The molecule has 0 bridgehead atoms. The van der Waals surface area contributed by atoms with Gasteiger partial charge < -0.3 is 9.64 Å². The number of halogens is 1. The first-order valence-electron chi connectivity index (χ1n) is 7.72. The van der Waals surface area contributed by atoms with Crippen LogP contribution in [0, 0.1) is 5.82 Å². The standard InChI is InChI=1S/C18H19FN2O2/c1-2-23-18(22)20-16-7-8-17-14(11-16)9-10-21(17)12-13-3-5-15(19)6-4-13/h3-8,11H,2,9-10,12H2,1H3,(H,20,22). The maximum Gasteiger partial charge on any atom is 0.411 e. The van der Waals surface area contributed by atoms with Gasteiger partial charge in [-0.3, -0.25) is 5.32 Å². The molecule has 4 nitrogen and oxygen atoms in total. The molecule has 0 spiro atoms. The minimum atomic E-state index is -0.436. The van der Waals surface area contributed by atoms with Crippen molar-refractivity contribution in [2.45, 2.75) is 19.9 Å². The number of rotatable bonds is 4. The van der Waals surface area contributed by atoms with Crippen LogP contribution in [0.4, 0.5) is 20.6 Å². The van der Waals surface area contributed by atoms with Crippen LogP contribution in [0.3, 0.4) is 0 Å². The molecule has 23 heavy (non-hydrogen) atoms. The highest BCUT2D eigenvalue weighted by Gasteiger charge is 2.19. The average Bonchev–Trinajstić information content (AvgIpc) is 2.92. The SMILES string of the molecule is CCOC(=O)Nc1ccc2c(c1)CCN2Cc1ccc(F)cc1. The smallest absolute Gasteiger partial charge is 0.411 e. The molecule has 1 N–H and O–H groups in total. The molecular formula is C18H19FN2O2. The molecule has 2 aromatic carbocycles. The second kappa shape index (κ2) is 6.69. The van der Waals surface area contributed by atoms with Gasteiger partial charge in [0.2, 0.25) is 0 Å². The van der Waals surface area contributed by atoms with Gasteiger partial charge in [0.25, 0.3) is 0 Å². The van der Waals surface area contributed by atoms with Crippen molar-refractivity contribution in [1.29, 1.82) is 0 Å². The second-order valence-corrected chi connectivity index (χ2v) is 5.49. The summed E-state index contributed by atoms with van der Waals surface area (Å²) >= 11 is 0. The largest absolute Gasteiger partial charge is 0.450 e. The van der Waals surface area contributed by atoms with Crippen molar-refractivity contribution in [1.82, 2.24) is 0 Å². The van der Waals surface area contributed by atoms with E-state index in [1.807, 2.05) is 30.3 Å². The number of carbonyl (C=O) groups excluding carboxylic acids is 1. The van der Waals surface area contributed by atoms with Crippen LogP contribution < -0.4 is 10.2 Å². The molecule has 120 valence electrons. The minimum Gasteiger partial charge on any atom is -0.450 e. The summed E-state index contributed by atoms with van der Waals surface area (Å²) in [6.45, 7) is 3.78. The van der Waals surface area contributed by atoms with Gasteiger partial charge in [-0.05, 0) is 54.8 Å². The lowest BCUT2D eigenvalue weighted by molar-refractivity contribution is 0.168. The van der Waals surface area contributed by atoms with E-state index in [0.717, 1.165) is 36.4 Å². The van der Waals surface area contributed by atoms with Crippen LogP contribution in [-0.4, -0.2) is 19.2 Å². The molecule has 0 aromatic heterocycles. The summed E-state index contributed by atoms with van der Waals surface area (Å²) in [6, 6.07) is 12.5. The number of benzene rings is 2. The van der Waals surface area contributed by atoms with Gasteiger partial charge in [0.05, 0.1) is 6.61 Å². The Morgan fingerprint density at radius 3 is 2.78 bits per heavy atom. The Balaban J connectivity index is 1.70. The highest BCUT2D eigenvalue weighted by atomic mass is 19.1. The summed E-state index contributed by atoms with van der Waals surface area (Å²) < 4.78 is 17.9. The summed E-state index contributed by atoms with van der Waals surface area (Å²) in [5, 5.41) is 2.72. The molecule has 0 atom stereocenters. The first-order chi connectivity index (χ1) is 11.2. The molecule has 0 radical (unpaired) electrons. The number of anilines is 2. The van der Waals surface area contributed by atoms with E-state index in [-0.39, 0.29) is 5.82 Å². The Hall–Kier alpha value is -2.56. The lowest BCUT2D eigenvalue weighted by atomic mass is 10.1. The van der Waals surface area contributed by atoms with E-state index in [9.17, 15) is 9.18 Å². The topological polar surface area (TPSA) is 41.6 Å². The van der Waals surface area contributed by atoms with Crippen molar-refractivity contribution >= 4 is 17.5 Å². The molecule has 5 heteroatoms. The Bertz CT molecular complexity index is 701. The number of hydrogen-bond acceptors (Lipinski definition) is 3. The molecule has 1 aliphatic rings. The lowest BCUT2D eigenvalue weighted by Gasteiger charge is -2.19. The minimum absolute atomic E-state index is 0.217. The number of fused-ring (bicyclic) bond motifs is 1. The van der Waals surface area contributed by atoms with Crippen molar-refractivity contribution in [3.8, 4) is 0 Å². The first kappa shape index (κ1) is 15.3. The van der Waals surface area contributed by atoms with E-state index in [0.29, 0.717) is 6.61 Å². The summed E-state index contributed by atoms with van der Waals surface area (Å²) in [5.74, 6) is -0.217. The van der Waals surface area contributed by atoms with Crippen LogP contribution in [0.15, 0.2) is 42.5 Å². The van der Waals surface area contributed by atoms with E-state index < -0.39 is 6.09 Å². The molecule has 0 aliphatic carbocycles. The zero-order valence-electron chi connectivity index (χ0n) is 13.0. The normalized spacial score (nSPS) is 12.9. The third kappa shape index (κ3) is 3.62. The van der Waals surface area contributed by atoms with Crippen LogP contribution in [-0.2, 0) is 17.7 Å². The molecule has 0 saturated carbocycles. The van der Waals surface area contributed by atoms with Crippen molar-refractivity contribution in [2.24, 2.45) is 0 Å². The third-order valence-electron chi connectivity index (χ3n) is 3.88. The summed E-state index contributed by atoms with van der Waals surface area (Å²) in [5.41, 5.74) is 4.17. The third-order valence-corrected chi connectivity index (χ3v) is 3.88. The fraction of sp³-hybridized carbons (Fsp3) is 0.278. The number of amides is 1. The Kier molecular flexibility index (Phi) is 4.46. The Labute approximate surface area is 134 Å². The van der Waals surface area contributed by atoms with E-state index in [2.05, 4.69) is 10.2 Å². The van der Waals surface area contributed by atoms with E-state index in [1.165, 1.54) is 17.7 Å². The fourth-order valence-corrected chi connectivity index (χ4v) is 2.81. The first-order valence-corrected chi connectivity index (χ1v) is 7.72. The van der Waals surface area contributed by atoms with Crippen molar-refractivity contribution < 1.29 is 13.9 Å². The molecule has 3 rings (SSSR count). The van der Waals surface area contributed by atoms with Crippen LogP contribution >= 0.6 is 0 Å². The summed E-state index contributed by atoms with van der Waals surface area (Å²) in [7, 11) is 0. The summed E-state index contributed by atoms with van der Waals surface area (Å²) in [4.78, 5) is 13.7. The van der Waals surface area contributed by atoms with Crippen LogP contribution in [0.25, 0.3) is 0 Å². The van der Waals surface area contributed by atoms with E-state index in [1.54, 1.807) is 6.92 Å². The van der Waals surface area contributed by atoms with Gasteiger partial charge in [0.15, 0.2) is 0 Å². The van der Waals surface area contributed by atoms with Crippen LogP contribution in [0.1, 0.15) is 18.1 Å². The maximum atomic E-state index is 13.0. The zero-order chi connectivity index (χ0) is 16.2. The number of nitrogens with one attached hydrogen (secondary N) is 1. The second-order valence-electron chi connectivity index (χ2n) is 5.49. The van der Waals surface area contributed by atoms with Crippen molar-refractivity contribution in [3.63, 3.8) is 0 Å². The highest BCUT2D eigenvalue weighted by Crippen LogP contribution is 2.31. The average molecular weight is 314 g/mol. The monoisotopic (exact) mass is 314 g/mol. The van der Waals surface area contributed by atoms with Gasteiger partial charge in [0, 0.05) is 24.5 Å². The van der Waals surface area contributed by atoms with E-state index in [4.69, 9.17) is 4.74 Å². The molecule has 0 saturated heterocycles. The number of ether oxygens (including phenoxy) is 1. The molecule has 0 fully saturated rings. The molecule has 1 amide bonds. The Morgan fingerprint density at radius 1 is 1.26 bits per heavy atom. The molecule has 1 aliphatic heterocycles. The lowest BCUT2D eigenvalue weighted by Crippen LogP contribution is -2.19. The number of hydrogen-bond donors (Lipinski definition) is 1. The van der Waals surface area contributed by atoms with Crippen molar-refractivity contribution in [3.05, 3.63) is 59.4 Å². The van der Waals surface area contributed by atoms with Gasteiger partial charge in [0.1, 0.15) is 5.82 Å². The number of carbonyl (C=O) groups is 1. The van der Waals surface area contributed by atoms with Gasteiger partial charge >= 0.3 is 6.09 Å². The predicted molar refractivity (Wildman–Crippen MR) is 88.2 cm³/mol. The van der Waals surface area contributed by atoms with Crippen molar-refractivity contribution in [2.75, 3.05) is 23.4 Å². The van der Waals surface area contributed by atoms with Gasteiger partial charge in [-0.1, -0.05) is 12.1 Å². The van der Waals surface area contributed by atoms with Gasteiger partial charge in [-0.15, -0.1) is 0 Å². The van der Waals surface area contributed by atoms with Gasteiger partial charge in [-0.25, -0.2) is 9.18 Å². The van der Waals surface area contributed by atoms with E-state index >= 15 is 0 Å². The quantitative estimate of drug-likeness (QED) is 0.929.